The van der Waals surface area contributed by atoms with Crippen molar-refractivity contribution in [1.82, 2.24) is 10.2 Å². The van der Waals surface area contributed by atoms with Crippen molar-refractivity contribution in [2.75, 3.05) is 12.8 Å². The van der Waals surface area contributed by atoms with E-state index in [1.807, 2.05) is 6.07 Å². The molecule has 1 atom stereocenters. The summed E-state index contributed by atoms with van der Waals surface area (Å²) < 4.78 is 0. The predicted octanol–water partition coefficient (Wildman–Crippen LogP) is 5.70. The van der Waals surface area contributed by atoms with Crippen molar-refractivity contribution in [3.8, 4) is 0 Å². The monoisotopic (exact) mass is 492 g/mol. The summed E-state index contributed by atoms with van der Waals surface area (Å²) in [5.41, 5.74) is 1.49. The summed E-state index contributed by atoms with van der Waals surface area (Å²) in [6.07, 6.45) is 0. The van der Waals surface area contributed by atoms with Crippen molar-refractivity contribution < 1.29 is 9.59 Å². The Kier molecular flexibility index (Phi) is 9.44. The molecule has 1 N–H and O–H groups in total. The lowest BCUT2D eigenvalue weighted by Gasteiger charge is -2.29. The van der Waals surface area contributed by atoms with Gasteiger partial charge in [-0.25, -0.2) is 0 Å². The summed E-state index contributed by atoms with van der Waals surface area (Å²) in [5.74, 6) is 0.235. The second kappa shape index (κ2) is 11.3. The molecule has 29 heavy (non-hydrogen) atoms. The molecule has 0 fully saturated rings. The summed E-state index contributed by atoms with van der Waals surface area (Å²) in [6, 6.07) is 9.70. The van der Waals surface area contributed by atoms with Crippen LogP contribution in [0.1, 0.15) is 18.1 Å². The third kappa shape index (κ3) is 6.69. The fourth-order valence-electron chi connectivity index (χ4n) is 2.62. The minimum atomic E-state index is -0.681. The zero-order chi connectivity index (χ0) is 21.6. The average molecular weight is 494 g/mol. The highest BCUT2D eigenvalue weighted by Crippen LogP contribution is 2.28. The second-order valence-electron chi connectivity index (χ2n) is 6.24. The highest BCUT2D eigenvalue weighted by Gasteiger charge is 2.26. The molecule has 2 aromatic rings. The SMILES string of the molecule is CNC(=O)[C@H](C)N(Cc1c(Cl)cccc1Cl)C(=O)CSCc1ccc(Cl)cc1Cl. The Labute approximate surface area is 194 Å². The van der Waals surface area contributed by atoms with Crippen LogP contribution in [0.4, 0.5) is 0 Å². The largest absolute Gasteiger partial charge is 0.357 e. The summed E-state index contributed by atoms with van der Waals surface area (Å²) in [5, 5.41) is 4.57. The lowest BCUT2D eigenvalue weighted by atomic mass is 10.1. The molecule has 0 aliphatic carbocycles. The summed E-state index contributed by atoms with van der Waals surface area (Å²) in [6.45, 7) is 1.80. The van der Waals surface area contributed by atoms with E-state index >= 15 is 0 Å². The molecule has 2 aromatic carbocycles. The number of hydrogen-bond acceptors (Lipinski definition) is 3. The second-order valence-corrected chi connectivity index (χ2v) is 8.88. The lowest BCUT2D eigenvalue weighted by molar-refractivity contribution is -0.138. The van der Waals surface area contributed by atoms with E-state index in [0.717, 1.165) is 5.56 Å². The van der Waals surface area contributed by atoms with Crippen molar-refractivity contribution in [2.45, 2.75) is 25.3 Å². The minimum absolute atomic E-state index is 0.133. The molecule has 2 rings (SSSR count). The molecule has 4 nitrogen and oxygen atoms in total. The van der Waals surface area contributed by atoms with Crippen LogP contribution in [0, 0.1) is 0 Å². The van der Waals surface area contributed by atoms with E-state index in [9.17, 15) is 9.59 Å². The molecule has 0 aliphatic heterocycles. The zero-order valence-electron chi connectivity index (χ0n) is 15.8. The fraction of sp³-hybridized carbons (Fsp3) is 0.300. The molecule has 0 aliphatic rings. The third-order valence-electron chi connectivity index (χ3n) is 4.30. The van der Waals surface area contributed by atoms with Gasteiger partial charge in [-0.1, -0.05) is 58.5 Å². The Morgan fingerprint density at radius 3 is 2.31 bits per heavy atom. The Balaban J connectivity index is 2.13. The number of benzene rings is 2. The van der Waals surface area contributed by atoms with E-state index in [-0.39, 0.29) is 24.1 Å². The number of hydrogen-bond donors (Lipinski definition) is 1. The van der Waals surface area contributed by atoms with Crippen LogP contribution in [0.15, 0.2) is 36.4 Å². The van der Waals surface area contributed by atoms with Crippen LogP contribution in [0.5, 0.6) is 0 Å². The molecule has 2 amide bonds. The van der Waals surface area contributed by atoms with Crippen LogP contribution in [0.25, 0.3) is 0 Å². The van der Waals surface area contributed by atoms with Crippen LogP contribution in [-0.4, -0.2) is 35.6 Å². The number of likely N-dealkylation sites (N-methyl/N-ethyl adjacent to an activating group) is 1. The van der Waals surface area contributed by atoms with E-state index in [0.29, 0.717) is 31.4 Å². The first-order valence-corrected chi connectivity index (χ1v) is 11.4. The number of amides is 2. The maximum Gasteiger partial charge on any atom is 0.242 e. The molecule has 0 unspecified atom stereocenters. The van der Waals surface area contributed by atoms with Gasteiger partial charge in [0, 0.05) is 45.0 Å². The molecule has 0 saturated carbocycles. The van der Waals surface area contributed by atoms with Crippen molar-refractivity contribution in [3.63, 3.8) is 0 Å². The van der Waals surface area contributed by atoms with Crippen LogP contribution in [0.2, 0.25) is 20.1 Å². The van der Waals surface area contributed by atoms with Crippen molar-refractivity contribution in [1.29, 1.82) is 0 Å². The Morgan fingerprint density at radius 2 is 1.72 bits per heavy atom. The highest BCUT2D eigenvalue weighted by atomic mass is 35.5. The number of thioether (sulfide) groups is 1. The van der Waals surface area contributed by atoms with Gasteiger partial charge in [0.15, 0.2) is 0 Å². The quantitative estimate of drug-likeness (QED) is 0.513. The smallest absolute Gasteiger partial charge is 0.242 e. The fourth-order valence-corrected chi connectivity index (χ4v) is 4.60. The van der Waals surface area contributed by atoms with Crippen molar-refractivity contribution in [3.05, 3.63) is 67.6 Å². The molecular formula is C20H20Cl4N2O2S. The third-order valence-corrected chi connectivity index (χ3v) is 6.56. The molecule has 0 aromatic heterocycles. The first-order chi connectivity index (χ1) is 13.7. The van der Waals surface area contributed by atoms with Gasteiger partial charge >= 0.3 is 0 Å². The van der Waals surface area contributed by atoms with Gasteiger partial charge in [-0.2, -0.15) is 0 Å². The van der Waals surface area contributed by atoms with Gasteiger partial charge in [-0.05, 0) is 36.8 Å². The van der Waals surface area contributed by atoms with Gasteiger partial charge in [0.2, 0.25) is 11.8 Å². The molecule has 0 saturated heterocycles. The number of nitrogens with zero attached hydrogens (tertiary/aromatic N) is 1. The maximum absolute atomic E-state index is 12.9. The van der Waals surface area contributed by atoms with Crippen molar-refractivity contribution in [2.24, 2.45) is 0 Å². The molecule has 0 radical (unpaired) electrons. The van der Waals surface area contributed by atoms with Gasteiger partial charge in [-0.3, -0.25) is 9.59 Å². The zero-order valence-corrected chi connectivity index (χ0v) is 19.7. The minimum Gasteiger partial charge on any atom is -0.357 e. The number of rotatable bonds is 8. The molecule has 0 bridgehead atoms. The first kappa shape index (κ1) is 24.2. The van der Waals surface area contributed by atoms with Crippen molar-refractivity contribution >= 4 is 70.0 Å². The summed E-state index contributed by atoms with van der Waals surface area (Å²) in [4.78, 5) is 26.6. The Hall–Kier alpha value is -1.11. The van der Waals surface area contributed by atoms with Gasteiger partial charge in [0.05, 0.1) is 5.75 Å². The average Bonchev–Trinajstić information content (AvgIpc) is 2.68. The topological polar surface area (TPSA) is 49.4 Å². The van der Waals surface area contributed by atoms with E-state index < -0.39 is 6.04 Å². The van der Waals surface area contributed by atoms with Crippen LogP contribution in [0.3, 0.4) is 0 Å². The first-order valence-electron chi connectivity index (χ1n) is 8.70. The summed E-state index contributed by atoms with van der Waals surface area (Å²) in [7, 11) is 1.53. The van der Waals surface area contributed by atoms with E-state index in [1.165, 1.54) is 23.7 Å². The summed E-state index contributed by atoms with van der Waals surface area (Å²) >= 11 is 26.0. The highest BCUT2D eigenvalue weighted by molar-refractivity contribution is 7.99. The van der Waals surface area contributed by atoms with E-state index in [4.69, 9.17) is 46.4 Å². The molecule has 156 valence electrons. The standard InChI is InChI=1S/C20H20Cl4N2O2S/c1-12(20(28)25-2)26(9-15-16(22)4-3-5-17(15)23)19(27)11-29-10-13-6-7-14(21)8-18(13)24/h3-8,12H,9-11H2,1-2H3,(H,25,28)/t12-/m0/s1. The number of carbonyl (C=O) groups is 2. The normalized spacial score (nSPS) is 11.8. The number of carbonyl (C=O) groups excluding carboxylic acids is 2. The van der Waals surface area contributed by atoms with Crippen LogP contribution in [-0.2, 0) is 21.9 Å². The van der Waals surface area contributed by atoms with Crippen LogP contribution < -0.4 is 5.32 Å². The van der Waals surface area contributed by atoms with Crippen LogP contribution >= 0.6 is 58.2 Å². The molecule has 0 spiro atoms. The van der Waals surface area contributed by atoms with Gasteiger partial charge < -0.3 is 10.2 Å². The van der Waals surface area contributed by atoms with Gasteiger partial charge in [-0.15, -0.1) is 11.8 Å². The lowest BCUT2D eigenvalue weighted by Crippen LogP contribution is -2.47. The molecular weight excluding hydrogens is 474 g/mol. The Morgan fingerprint density at radius 1 is 1.07 bits per heavy atom. The Bertz CT molecular complexity index is 875. The molecule has 9 heteroatoms. The molecule has 0 heterocycles. The van der Waals surface area contributed by atoms with Gasteiger partial charge in [0.1, 0.15) is 6.04 Å². The van der Waals surface area contributed by atoms with E-state index in [1.54, 1.807) is 37.3 Å². The predicted molar refractivity (Wildman–Crippen MR) is 123 cm³/mol. The maximum atomic E-state index is 12.9. The number of halogens is 4. The van der Waals surface area contributed by atoms with E-state index in [2.05, 4.69) is 5.32 Å². The number of nitrogens with one attached hydrogen (secondary N) is 1. The van der Waals surface area contributed by atoms with Gasteiger partial charge in [0.25, 0.3) is 0 Å².